The lowest BCUT2D eigenvalue weighted by atomic mass is 10.2. The molecule has 0 bridgehead atoms. The van der Waals surface area contributed by atoms with Gasteiger partial charge in [0.1, 0.15) is 0 Å². The van der Waals surface area contributed by atoms with Gasteiger partial charge < -0.3 is 16.4 Å². The lowest BCUT2D eigenvalue weighted by Crippen LogP contribution is -2.41. The van der Waals surface area contributed by atoms with Crippen molar-refractivity contribution in [1.82, 2.24) is 9.38 Å². The smallest absolute Gasteiger partial charge is 0.237 e. The summed E-state index contributed by atoms with van der Waals surface area (Å²) >= 11 is 1.57. The molecule has 1 saturated carbocycles. The topological polar surface area (TPSA) is 89.6 Å². The van der Waals surface area contributed by atoms with Gasteiger partial charge in [0, 0.05) is 24.2 Å². The molecule has 7 heteroatoms. The van der Waals surface area contributed by atoms with Crippen LogP contribution in [0.2, 0.25) is 0 Å². The van der Waals surface area contributed by atoms with Crippen molar-refractivity contribution in [2.75, 3.05) is 11.4 Å². The third-order valence-electron chi connectivity index (χ3n) is 3.90. The van der Waals surface area contributed by atoms with Crippen LogP contribution in [0.3, 0.4) is 0 Å². The molecule has 0 atom stereocenters. The van der Waals surface area contributed by atoms with Gasteiger partial charge in [-0.1, -0.05) is 12.8 Å². The number of imidazole rings is 1. The molecular formula is C13H19N5OS. The number of primary amides is 1. The summed E-state index contributed by atoms with van der Waals surface area (Å²) in [6, 6.07) is 0.345. The van der Waals surface area contributed by atoms with Gasteiger partial charge in [0.15, 0.2) is 10.8 Å². The first kappa shape index (κ1) is 13.4. The van der Waals surface area contributed by atoms with Crippen molar-refractivity contribution < 1.29 is 4.79 Å². The molecule has 1 aliphatic rings. The van der Waals surface area contributed by atoms with Gasteiger partial charge in [-0.3, -0.25) is 9.20 Å². The van der Waals surface area contributed by atoms with Gasteiger partial charge >= 0.3 is 0 Å². The maximum atomic E-state index is 11.4. The molecule has 20 heavy (non-hydrogen) atoms. The number of carbonyl (C=O) groups is 1. The number of aromatic nitrogens is 2. The maximum absolute atomic E-state index is 11.4. The average Bonchev–Trinajstić information content (AvgIpc) is 3.11. The molecule has 0 saturated heterocycles. The van der Waals surface area contributed by atoms with Gasteiger partial charge in [-0.05, 0) is 12.8 Å². The quantitative estimate of drug-likeness (QED) is 0.863. The molecule has 3 rings (SSSR count). The normalized spacial score (nSPS) is 16.1. The van der Waals surface area contributed by atoms with Gasteiger partial charge in [0.2, 0.25) is 5.91 Å². The minimum absolute atomic E-state index is 0.211. The molecule has 2 heterocycles. The number of anilines is 1. The highest BCUT2D eigenvalue weighted by molar-refractivity contribution is 7.15. The van der Waals surface area contributed by atoms with Crippen LogP contribution in [0.25, 0.3) is 4.96 Å². The fourth-order valence-corrected chi connectivity index (χ4v) is 3.73. The highest BCUT2D eigenvalue weighted by Crippen LogP contribution is 2.31. The van der Waals surface area contributed by atoms with Crippen molar-refractivity contribution in [3.63, 3.8) is 0 Å². The highest BCUT2D eigenvalue weighted by Gasteiger charge is 2.28. The summed E-state index contributed by atoms with van der Waals surface area (Å²) in [6.07, 6.45) is 6.53. The Labute approximate surface area is 121 Å². The molecule has 0 aliphatic heterocycles. The van der Waals surface area contributed by atoms with E-state index in [1.54, 1.807) is 11.3 Å². The van der Waals surface area contributed by atoms with Crippen molar-refractivity contribution in [3.8, 4) is 0 Å². The number of hydrogen-bond donors (Lipinski definition) is 2. The standard InChI is InChI=1S/C13H19N5OS/c14-7-10-12(16-13-17(10)5-6-20-13)18(8-11(15)19)9-3-1-2-4-9/h5-6,9H,1-4,7-8,14H2,(H2,15,19). The number of amides is 1. The van der Waals surface area contributed by atoms with E-state index < -0.39 is 0 Å². The molecule has 2 aromatic heterocycles. The number of hydrogen-bond acceptors (Lipinski definition) is 5. The van der Waals surface area contributed by atoms with E-state index in [1.165, 1.54) is 12.8 Å². The van der Waals surface area contributed by atoms with Crippen LogP contribution in [0.4, 0.5) is 5.82 Å². The Bertz CT molecular complexity index is 613. The Morgan fingerprint density at radius 2 is 2.25 bits per heavy atom. The zero-order valence-corrected chi connectivity index (χ0v) is 12.1. The molecular weight excluding hydrogens is 274 g/mol. The molecule has 0 aromatic carbocycles. The summed E-state index contributed by atoms with van der Waals surface area (Å²) in [5.41, 5.74) is 12.3. The van der Waals surface area contributed by atoms with E-state index in [4.69, 9.17) is 11.5 Å². The number of thiazole rings is 1. The Hall–Kier alpha value is -1.60. The molecule has 6 nitrogen and oxygen atoms in total. The molecule has 108 valence electrons. The largest absolute Gasteiger partial charge is 0.368 e. The van der Waals surface area contributed by atoms with Gasteiger partial charge in [0.25, 0.3) is 0 Å². The number of fused-ring (bicyclic) bond motifs is 1. The fraction of sp³-hybridized carbons (Fsp3) is 0.538. The fourth-order valence-electron chi connectivity index (χ4n) is 3.00. The van der Waals surface area contributed by atoms with Gasteiger partial charge in [-0.25, -0.2) is 4.98 Å². The third-order valence-corrected chi connectivity index (χ3v) is 4.65. The minimum atomic E-state index is -0.323. The SMILES string of the molecule is NCc1c(N(CC(N)=O)C2CCCC2)nc2sccn12. The van der Waals surface area contributed by atoms with Crippen LogP contribution in [0.15, 0.2) is 11.6 Å². The monoisotopic (exact) mass is 293 g/mol. The van der Waals surface area contributed by atoms with E-state index in [0.29, 0.717) is 12.6 Å². The van der Waals surface area contributed by atoms with Crippen molar-refractivity contribution in [2.45, 2.75) is 38.3 Å². The number of nitrogens with two attached hydrogens (primary N) is 2. The second-order valence-electron chi connectivity index (χ2n) is 5.17. The summed E-state index contributed by atoms with van der Waals surface area (Å²) in [4.78, 5) is 19.0. The van der Waals surface area contributed by atoms with E-state index >= 15 is 0 Å². The van der Waals surface area contributed by atoms with E-state index in [2.05, 4.69) is 9.88 Å². The van der Waals surface area contributed by atoms with E-state index in [-0.39, 0.29) is 12.5 Å². The van der Waals surface area contributed by atoms with E-state index in [0.717, 1.165) is 29.3 Å². The first-order valence-corrected chi connectivity index (χ1v) is 7.78. The van der Waals surface area contributed by atoms with Crippen LogP contribution >= 0.6 is 11.3 Å². The number of carbonyl (C=O) groups excluding carboxylic acids is 1. The molecule has 0 unspecified atom stereocenters. The zero-order valence-electron chi connectivity index (χ0n) is 11.3. The summed E-state index contributed by atoms with van der Waals surface area (Å²) in [5, 5.41) is 1.99. The summed E-state index contributed by atoms with van der Waals surface area (Å²) in [6.45, 7) is 0.609. The summed E-state index contributed by atoms with van der Waals surface area (Å²) in [7, 11) is 0. The number of rotatable bonds is 5. The highest BCUT2D eigenvalue weighted by atomic mass is 32.1. The summed E-state index contributed by atoms with van der Waals surface area (Å²) < 4.78 is 2.00. The molecule has 4 N–H and O–H groups in total. The van der Waals surface area contributed by atoms with Crippen LogP contribution in [0.5, 0.6) is 0 Å². The van der Waals surface area contributed by atoms with Gasteiger partial charge in [0.05, 0.1) is 12.2 Å². The third kappa shape index (κ3) is 2.27. The lowest BCUT2D eigenvalue weighted by molar-refractivity contribution is -0.116. The van der Waals surface area contributed by atoms with Gasteiger partial charge in [-0.15, -0.1) is 11.3 Å². The number of nitrogens with zero attached hydrogens (tertiary/aromatic N) is 3. The van der Waals surface area contributed by atoms with Crippen molar-refractivity contribution >= 4 is 28.0 Å². The molecule has 1 amide bonds. The molecule has 0 radical (unpaired) electrons. The van der Waals surface area contributed by atoms with Crippen molar-refractivity contribution in [3.05, 3.63) is 17.3 Å². The van der Waals surface area contributed by atoms with Crippen LogP contribution < -0.4 is 16.4 Å². The van der Waals surface area contributed by atoms with E-state index in [9.17, 15) is 4.79 Å². The van der Waals surface area contributed by atoms with Crippen molar-refractivity contribution in [1.29, 1.82) is 0 Å². The Morgan fingerprint density at radius 3 is 2.90 bits per heavy atom. The molecule has 2 aromatic rings. The average molecular weight is 293 g/mol. The van der Waals surface area contributed by atoms with Crippen molar-refractivity contribution in [2.24, 2.45) is 11.5 Å². The second-order valence-corrected chi connectivity index (χ2v) is 6.05. The molecule has 1 fully saturated rings. The minimum Gasteiger partial charge on any atom is -0.368 e. The molecule has 1 aliphatic carbocycles. The van der Waals surface area contributed by atoms with Crippen LogP contribution in [-0.2, 0) is 11.3 Å². The Kier molecular flexibility index (Phi) is 3.62. The molecule has 0 spiro atoms. The van der Waals surface area contributed by atoms with Crippen LogP contribution in [-0.4, -0.2) is 27.9 Å². The van der Waals surface area contributed by atoms with Crippen LogP contribution in [0.1, 0.15) is 31.4 Å². The zero-order chi connectivity index (χ0) is 14.1. The van der Waals surface area contributed by atoms with Gasteiger partial charge in [-0.2, -0.15) is 0 Å². The predicted octanol–water partition coefficient (Wildman–Crippen LogP) is 1.09. The second kappa shape index (κ2) is 5.41. The first-order chi connectivity index (χ1) is 9.70. The Morgan fingerprint density at radius 1 is 1.50 bits per heavy atom. The lowest BCUT2D eigenvalue weighted by Gasteiger charge is -2.28. The van der Waals surface area contributed by atoms with E-state index in [1.807, 2.05) is 16.0 Å². The van der Waals surface area contributed by atoms with Crippen LogP contribution in [0, 0.1) is 0 Å². The Balaban J connectivity index is 2.02. The predicted molar refractivity (Wildman–Crippen MR) is 79.8 cm³/mol. The maximum Gasteiger partial charge on any atom is 0.237 e. The summed E-state index contributed by atoms with van der Waals surface area (Å²) in [5.74, 6) is 0.501. The first-order valence-electron chi connectivity index (χ1n) is 6.90.